The summed E-state index contributed by atoms with van der Waals surface area (Å²) in [6.45, 7) is 0.608. The maximum absolute atomic E-state index is 11.6. The highest BCUT2D eigenvalue weighted by molar-refractivity contribution is 5.85. The number of rotatable bonds is 4. The van der Waals surface area contributed by atoms with Crippen LogP contribution in [0.15, 0.2) is 36.4 Å². The fraction of sp³-hybridized carbons (Fsp3) is 0.312. The molecule has 2 aromatic rings. The molecule has 1 N–H and O–H groups in total. The third-order valence-electron chi connectivity index (χ3n) is 3.53. The number of hydrogen-bond acceptors (Lipinski definition) is 2. The number of ether oxygens (including phenoxy) is 1. The van der Waals surface area contributed by atoms with E-state index in [4.69, 9.17) is 4.74 Å². The quantitative estimate of drug-likeness (QED) is 0.912. The van der Waals surface area contributed by atoms with Crippen molar-refractivity contribution in [1.82, 2.24) is 5.32 Å². The fourth-order valence-electron chi connectivity index (χ4n) is 2.19. The average Bonchev–Trinajstić information content (AvgIpc) is 3.28. The molecule has 3 rings (SSSR count). The van der Waals surface area contributed by atoms with Crippen LogP contribution in [-0.4, -0.2) is 13.0 Å². The Labute approximate surface area is 112 Å². The molecule has 1 aliphatic rings. The van der Waals surface area contributed by atoms with E-state index in [-0.39, 0.29) is 11.8 Å². The molecule has 3 nitrogen and oxygen atoms in total. The second kappa shape index (κ2) is 4.92. The van der Waals surface area contributed by atoms with Gasteiger partial charge in [0.05, 0.1) is 7.11 Å². The lowest BCUT2D eigenvalue weighted by Gasteiger charge is -2.07. The van der Waals surface area contributed by atoms with E-state index in [1.165, 1.54) is 5.39 Å². The molecule has 0 heterocycles. The van der Waals surface area contributed by atoms with E-state index in [2.05, 4.69) is 23.5 Å². The zero-order chi connectivity index (χ0) is 13.2. The number of fused-ring (bicyclic) bond motifs is 1. The van der Waals surface area contributed by atoms with Crippen molar-refractivity contribution < 1.29 is 9.53 Å². The fourth-order valence-corrected chi connectivity index (χ4v) is 2.19. The van der Waals surface area contributed by atoms with Crippen molar-refractivity contribution in [2.75, 3.05) is 7.11 Å². The Morgan fingerprint density at radius 3 is 2.68 bits per heavy atom. The number of nitrogens with one attached hydrogen (secondary N) is 1. The van der Waals surface area contributed by atoms with Crippen LogP contribution in [-0.2, 0) is 11.3 Å². The summed E-state index contributed by atoms with van der Waals surface area (Å²) in [6.07, 6.45) is 2.09. The Balaban J connectivity index is 1.75. The third kappa shape index (κ3) is 2.70. The minimum Gasteiger partial charge on any atom is -0.497 e. The van der Waals surface area contributed by atoms with E-state index in [0.717, 1.165) is 29.5 Å². The molecule has 1 fully saturated rings. The number of hydrogen-bond donors (Lipinski definition) is 1. The number of amides is 1. The van der Waals surface area contributed by atoms with Crippen LogP contribution in [0, 0.1) is 5.92 Å². The Bertz CT molecular complexity index is 617. The van der Waals surface area contributed by atoms with Crippen molar-refractivity contribution in [2.45, 2.75) is 19.4 Å². The topological polar surface area (TPSA) is 38.3 Å². The molecule has 0 aromatic heterocycles. The molecule has 19 heavy (non-hydrogen) atoms. The van der Waals surface area contributed by atoms with Gasteiger partial charge in [-0.3, -0.25) is 4.79 Å². The van der Waals surface area contributed by atoms with Crippen LogP contribution >= 0.6 is 0 Å². The zero-order valence-electron chi connectivity index (χ0n) is 11.0. The first-order valence-electron chi connectivity index (χ1n) is 6.60. The van der Waals surface area contributed by atoms with Crippen LogP contribution in [0.2, 0.25) is 0 Å². The smallest absolute Gasteiger partial charge is 0.223 e. The van der Waals surface area contributed by atoms with E-state index in [1.54, 1.807) is 7.11 Å². The van der Waals surface area contributed by atoms with Crippen molar-refractivity contribution >= 4 is 16.7 Å². The molecule has 98 valence electrons. The Morgan fingerprint density at radius 1 is 1.21 bits per heavy atom. The van der Waals surface area contributed by atoms with Crippen molar-refractivity contribution in [1.29, 1.82) is 0 Å². The summed E-state index contributed by atoms with van der Waals surface area (Å²) in [5.74, 6) is 1.32. The van der Waals surface area contributed by atoms with Crippen molar-refractivity contribution in [3.05, 3.63) is 42.0 Å². The molecule has 0 bridgehead atoms. The summed E-state index contributed by atoms with van der Waals surface area (Å²) in [7, 11) is 1.67. The maximum atomic E-state index is 11.6. The van der Waals surface area contributed by atoms with Gasteiger partial charge in [-0.2, -0.15) is 0 Å². The van der Waals surface area contributed by atoms with Gasteiger partial charge < -0.3 is 10.1 Å². The molecule has 2 aromatic carbocycles. The van der Waals surface area contributed by atoms with E-state index in [0.29, 0.717) is 6.54 Å². The minimum absolute atomic E-state index is 0.190. The van der Waals surface area contributed by atoms with Crippen molar-refractivity contribution in [2.24, 2.45) is 5.92 Å². The van der Waals surface area contributed by atoms with Crippen molar-refractivity contribution in [3.8, 4) is 5.75 Å². The minimum atomic E-state index is 0.190. The van der Waals surface area contributed by atoms with Crippen LogP contribution in [0.3, 0.4) is 0 Å². The first-order valence-corrected chi connectivity index (χ1v) is 6.60. The monoisotopic (exact) mass is 255 g/mol. The van der Waals surface area contributed by atoms with Gasteiger partial charge in [-0.25, -0.2) is 0 Å². The zero-order valence-corrected chi connectivity index (χ0v) is 11.0. The molecule has 3 heteroatoms. The standard InChI is InChI=1S/C16H17NO2/c1-19-15-7-6-13-8-11(2-3-14(13)9-15)10-17-16(18)12-4-5-12/h2-3,6-9,12H,4-5,10H2,1H3,(H,17,18). The summed E-state index contributed by atoms with van der Waals surface area (Å²) in [4.78, 5) is 11.6. The third-order valence-corrected chi connectivity index (χ3v) is 3.53. The van der Waals surface area contributed by atoms with E-state index in [1.807, 2.05) is 18.2 Å². The van der Waals surface area contributed by atoms with Crippen molar-refractivity contribution in [3.63, 3.8) is 0 Å². The van der Waals surface area contributed by atoms with Gasteiger partial charge in [0.1, 0.15) is 5.75 Å². The number of methoxy groups -OCH3 is 1. The summed E-state index contributed by atoms with van der Waals surface area (Å²) in [6, 6.07) is 12.2. The van der Waals surface area contributed by atoms with Crippen LogP contribution < -0.4 is 10.1 Å². The van der Waals surface area contributed by atoms with E-state index in [9.17, 15) is 4.79 Å². The van der Waals surface area contributed by atoms with Gasteiger partial charge >= 0.3 is 0 Å². The molecule has 1 aliphatic carbocycles. The summed E-state index contributed by atoms with van der Waals surface area (Å²) < 4.78 is 5.21. The second-order valence-electron chi connectivity index (χ2n) is 5.04. The lowest BCUT2D eigenvalue weighted by Crippen LogP contribution is -2.24. The molecule has 0 unspecified atom stereocenters. The predicted octanol–water partition coefficient (Wildman–Crippen LogP) is 2.87. The molecule has 0 saturated heterocycles. The molecule has 1 amide bonds. The van der Waals surface area contributed by atoms with E-state index >= 15 is 0 Å². The highest BCUT2D eigenvalue weighted by Crippen LogP contribution is 2.29. The lowest BCUT2D eigenvalue weighted by molar-refractivity contribution is -0.122. The average molecular weight is 255 g/mol. The predicted molar refractivity (Wildman–Crippen MR) is 75.1 cm³/mol. The maximum Gasteiger partial charge on any atom is 0.223 e. The first kappa shape index (κ1) is 12.0. The van der Waals surface area contributed by atoms with Crippen LogP contribution in [0.5, 0.6) is 5.75 Å². The highest BCUT2D eigenvalue weighted by Gasteiger charge is 2.29. The van der Waals surface area contributed by atoms with Gasteiger partial charge in [-0.05, 0) is 47.4 Å². The van der Waals surface area contributed by atoms with Crippen LogP contribution in [0.4, 0.5) is 0 Å². The second-order valence-corrected chi connectivity index (χ2v) is 5.04. The van der Waals surface area contributed by atoms with Gasteiger partial charge in [0, 0.05) is 12.5 Å². The normalized spacial score (nSPS) is 14.4. The van der Waals surface area contributed by atoms with E-state index < -0.39 is 0 Å². The largest absolute Gasteiger partial charge is 0.497 e. The number of carbonyl (C=O) groups is 1. The van der Waals surface area contributed by atoms with Gasteiger partial charge in [-0.15, -0.1) is 0 Å². The molecule has 0 spiro atoms. The Morgan fingerprint density at radius 2 is 1.95 bits per heavy atom. The molecular formula is C16H17NO2. The summed E-state index contributed by atoms with van der Waals surface area (Å²) >= 11 is 0. The Hall–Kier alpha value is -2.03. The van der Waals surface area contributed by atoms with Crippen LogP contribution in [0.1, 0.15) is 18.4 Å². The summed E-state index contributed by atoms with van der Waals surface area (Å²) in [5, 5.41) is 5.30. The molecule has 0 radical (unpaired) electrons. The molecule has 1 saturated carbocycles. The molecule has 0 aliphatic heterocycles. The molecule has 0 atom stereocenters. The molecular weight excluding hydrogens is 238 g/mol. The lowest BCUT2D eigenvalue weighted by atomic mass is 10.1. The SMILES string of the molecule is COc1ccc2cc(CNC(=O)C3CC3)ccc2c1. The van der Waals surface area contributed by atoms with Gasteiger partial charge in [-0.1, -0.05) is 18.2 Å². The van der Waals surface area contributed by atoms with Crippen LogP contribution in [0.25, 0.3) is 10.8 Å². The number of carbonyl (C=O) groups excluding carboxylic acids is 1. The highest BCUT2D eigenvalue weighted by atomic mass is 16.5. The van der Waals surface area contributed by atoms with Gasteiger partial charge in [0.15, 0.2) is 0 Å². The first-order chi connectivity index (χ1) is 9.26. The summed E-state index contributed by atoms with van der Waals surface area (Å²) in [5.41, 5.74) is 1.13. The van der Waals surface area contributed by atoms with Gasteiger partial charge in [0.25, 0.3) is 0 Å². The Kier molecular flexibility index (Phi) is 3.11. The van der Waals surface area contributed by atoms with Gasteiger partial charge in [0.2, 0.25) is 5.91 Å². The number of benzene rings is 2.